The van der Waals surface area contributed by atoms with E-state index < -0.39 is 0 Å². The first-order chi connectivity index (χ1) is 7.76. The lowest BCUT2D eigenvalue weighted by molar-refractivity contribution is -0.137. The van der Waals surface area contributed by atoms with Crippen LogP contribution in [0.3, 0.4) is 0 Å². The molecule has 1 aromatic carbocycles. The fourth-order valence-electron chi connectivity index (χ4n) is 1.33. The number of hydrogen-bond acceptors (Lipinski definition) is 2. The molecule has 0 N–H and O–H groups in total. The van der Waals surface area contributed by atoms with Gasteiger partial charge in [0.05, 0.1) is 6.61 Å². The maximum atomic E-state index is 10.8. The maximum Gasteiger partial charge on any atom is 0.330 e. The van der Waals surface area contributed by atoms with E-state index in [0.717, 1.165) is 18.4 Å². The largest absolute Gasteiger partial charge is 0.463 e. The molecule has 0 saturated carbocycles. The van der Waals surface area contributed by atoms with Crippen LogP contribution in [0.2, 0.25) is 0 Å². The molecule has 0 aliphatic carbocycles. The van der Waals surface area contributed by atoms with Crippen LogP contribution in [0.4, 0.5) is 0 Å². The van der Waals surface area contributed by atoms with Crippen LogP contribution in [0.25, 0.3) is 6.08 Å². The molecule has 16 heavy (non-hydrogen) atoms. The minimum atomic E-state index is -0.359. The maximum absolute atomic E-state index is 10.8. The molecule has 0 saturated heterocycles. The highest BCUT2D eigenvalue weighted by molar-refractivity contribution is 5.81. The van der Waals surface area contributed by atoms with Crippen LogP contribution in [-0.2, 0) is 16.0 Å². The van der Waals surface area contributed by atoms with Crippen LogP contribution in [-0.4, -0.2) is 12.6 Å². The number of ether oxygens (including phenoxy) is 1. The van der Waals surface area contributed by atoms with Gasteiger partial charge in [0, 0.05) is 6.08 Å². The summed E-state index contributed by atoms with van der Waals surface area (Å²) in [4.78, 5) is 10.8. The predicted molar refractivity (Wildman–Crippen MR) is 66.0 cm³/mol. The third-order valence-corrected chi connectivity index (χ3v) is 2.24. The van der Waals surface area contributed by atoms with Crippen LogP contribution < -0.4 is 0 Å². The monoisotopic (exact) mass is 216 g/mol. The van der Waals surface area contributed by atoms with Gasteiger partial charge in [0.1, 0.15) is 0 Å². The van der Waals surface area contributed by atoms with Gasteiger partial charge in [-0.05, 0) is 24.0 Å². The summed E-state index contributed by atoms with van der Waals surface area (Å²) in [5.74, 6) is -0.359. The van der Waals surface area contributed by atoms with E-state index >= 15 is 0 Å². The summed E-state index contributed by atoms with van der Waals surface area (Å²) in [6.07, 6.45) is 4.73. The molecule has 0 aliphatic rings. The average molecular weight is 216 g/mol. The SMILES string of the molecule is C=CC(=O)OCCCc1ccc(C=C)cc1. The molecule has 0 spiro atoms. The van der Waals surface area contributed by atoms with Crippen molar-refractivity contribution >= 4 is 12.0 Å². The number of carbonyl (C=O) groups excluding carboxylic acids is 1. The van der Waals surface area contributed by atoms with Crippen molar-refractivity contribution in [2.24, 2.45) is 0 Å². The molecule has 0 atom stereocenters. The molecule has 0 fully saturated rings. The standard InChI is InChI=1S/C14H16O2/c1-3-12-7-9-13(10-8-12)6-5-11-16-14(15)4-2/h3-4,7-10H,1-2,5-6,11H2. The Bertz CT molecular complexity index is 363. The molecule has 84 valence electrons. The summed E-state index contributed by atoms with van der Waals surface area (Å²) >= 11 is 0. The zero-order chi connectivity index (χ0) is 11.8. The second-order valence-corrected chi connectivity index (χ2v) is 3.42. The molecule has 1 aromatic rings. The topological polar surface area (TPSA) is 26.3 Å². The van der Waals surface area contributed by atoms with Gasteiger partial charge in [0.25, 0.3) is 0 Å². The minimum absolute atomic E-state index is 0.359. The number of hydrogen-bond donors (Lipinski definition) is 0. The van der Waals surface area contributed by atoms with Crippen LogP contribution in [0.15, 0.2) is 43.5 Å². The molecule has 0 unspecified atom stereocenters. The Labute approximate surface area is 96.2 Å². The van der Waals surface area contributed by atoms with Crippen molar-refractivity contribution in [1.82, 2.24) is 0 Å². The van der Waals surface area contributed by atoms with Gasteiger partial charge in [-0.1, -0.05) is 43.5 Å². The van der Waals surface area contributed by atoms with Gasteiger partial charge in [-0.15, -0.1) is 0 Å². The van der Waals surface area contributed by atoms with E-state index in [1.165, 1.54) is 11.6 Å². The normalized spacial score (nSPS) is 9.50. The Morgan fingerprint density at radius 3 is 2.50 bits per heavy atom. The van der Waals surface area contributed by atoms with E-state index in [-0.39, 0.29) is 5.97 Å². The lowest BCUT2D eigenvalue weighted by Crippen LogP contribution is -2.02. The summed E-state index contributed by atoms with van der Waals surface area (Å²) in [5, 5.41) is 0. The van der Waals surface area contributed by atoms with E-state index in [4.69, 9.17) is 4.74 Å². The molecule has 0 aromatic heterocycles. The molecule has 0 bridgehead atoms. The Balaban J connectivity index is 2.29. The van der Waals surface area contributed by atoms with Gasteiger partial charge in [-0.2, -0.15) is 0 Å². The number of esters is 1. The third kappa shape index (κ3) is 4.13. The molecule has 2 heteroatoms. The molecule has 1 rings (SSSR count). The van der Waals surface area contributed by atoms with Gasteiger partial charge in [0.15, 0.2) is 0 Å². The van der Waals surface area contributed by atoms with Gasteiger partial charge in [-0.3, -0.25) is 0 Å². The number of aryl methyl sites for hydroxylation is 1. The fourth-order valence-corrected chi connectivity index (χ4v) is 1.33. The highest BCUT2D eigenvalue weighted by atomic mass is 16.5. The second kappa shape index (κ2) is 6.62. The van der Waals surface area contributed by atoms with E-state index in [0.29, 0.717) is 6.61 Å². The number of rotatable bonds is 6. The summed E-state index contributed by atoms with van der Waals surface area (Å²) in [6, 6.07) is 8.18. The molecule has 0 amide bonds. The van der Waals surface area contributed by atoms with Gasteiger partial charge in [0.2, 0.25) is 0 Å². The van der Waals surface area contributed by atoms with Crippen LogP contribution >= 0.6 is 0 Å². The van der Waals surface area contributed by atoms with Crippen molar-refractivity contribution in [3.05, 3.63) is 54.6 Å². The van der Waals surface area contributed by atoms with Gasteiger partial charge < -0.3 is 4.74 Å². The number of carbonyl (C=O) groups is 1. The molecule has 2 nitrogen and oxygen atoms in total. The van der Waals surface area contributed by atoms with E-state index in [1.54, 1.807) is 0 Å². The quantitative estimate of drug-likeness (QED) is 0.415. The van der Waals surface area contributed by atoms with E-state index in [1.807, 2.05) is 18.2 Å². The summed E-state index contributed by atoms with van der Waals surface area (Å²) < 4.78 is 4.88. The fraction of sp³-hybridized carbons (Fsp3) is 0.214. The zero-order valence-corrected chi connectivity index (χ0v) is 9.32. The van der Waals surface area contributed by atoms with Crippen LogP contribution in [0.1, 0.15) is 17.5 Å². The Hall–Kier alpha value is -1.83. The Morgan fingerprint density at radius 2 is 1.94 bits per heavy atom. The first kappa shape index (κ1) is 12.2. The lowest BCUT2D eigenvalue weighted by Gasteiger charge is -2.03. The lowest BCUT2D eigenvalue weighted by atomic mass is 10.1. The van der Waals surface area contributed by atoms with Crippen molar-refractivity contribution in [1.29, 1.82) is 0 Å². The predicted octanol–water partition coefficient (Wildman–Crippen LogP) is 2.99. The first-order valence-corrected chi connectivity index (χ1v) is 5.27. The van der Waals surface area contributed by atoms with Crippen molar-refractivity contribution in [2.45, 2.75) is 12.8 Å². The van der Waals surface area contributed by atoms with Gasteiger partial charge >= 0.3 is 5.97 Å². The minimum Gasteiger partial charge on any atom is -0.463 e. The molecule has 0 radical (unpaired) electrons. The van der Waals surface area contributed by atoms with E-state index in [9.17, 15) is 4.79 Å². The van der Waals surface area contributed by atoms with Crippen molar-refractivity contribution in [3.63, 3.8) is 0 Å². The first-order valence-electron chi connectivity index (χ1n) is 5.27. The molecule has 0 heterocycles. The van der Waals surface area contributed by atoms with Crippen LogP contribution in [0, 0.1) is 0 Å². The molecular formula is C14H16O2. The molecular weight excluding hydrogens is 200 g/mol. The average Bonchev–Trinajstić information content (AvgIpc) is 2.35. The smallest absolute Gasteiger partial charge is 0.330 e. The third-order valence-electron chi connectivity index (χ3n) is 2.24. The van der Waals surface area contributed by atoms with Crippen molar-refractivity contribution < 1.29 is 9.53 Å². The number of benzene rings is 1. The highest BCUT2D eigenvalue weighted by Gasteiger charge is 1.96. The highest BCUT2D eigenvalue weighted by Crippen LogP contribution is 2.07. The second-order valence-electron chi connectivity index (χ2n) is 3.42. The van der Waals surface area contributed by atoms with Crippen molar-refractivity contribution in [2.75, 3.05) is 6.61 Å². The summed E-state index contributed by atoms with van der Waals surface area (Å²) in [7, 11) is 0. The van der Waals surface area contributed by atoms with E-state index in [2.05, 4.69) is 25.3 Å². The Kier molecular flexibility index (Phi) is 5.06. The van der Waals surface area contributed by atoms with Gasteiger partial charge in [-0.25, -0.2) is 4.79 Å². The summed E-state index contributed by atoms with van der Waals surface area (Å²) in [6.45, 7) is 7.47. The van der Waals surface area contributed by atoms with Crippen LogP contribution in [0.5, 0.6) is 0 Å². The van der Waals surface area contributed by atoms with Crippen molar-refractivity contribution in [3.8, 4) is 0 Å². The molecule has 0 aliphatic heterocycles. The Morgan fingerprint density at radius 1 is 1.25 bits per heavy atom. The summed E-state index contributed by atoms with van der Waals surface area (Å²) in [5.41, 5.74) is 2.35. The zero-order valence-electron chi connectivity index (χ0n) is 9.32.